The Morgan fingerprint density at radius 3 is 2.62 bits per heavy atom. The Balaban J connectivity index is 2.47. The Bertz CT molecular complexity index is 147. The van der Waals surface area contributed by atoms with Crippen LogP contribution in [0.2, 0.25) is 0 Å². The van der Waals surface area contributed by atoms with E-state index in [9.17, 15) is 0 Å². The molecule has 1 rings (SSSR count). The molecule has 0 amide bonds. The van der Waals surface area contributed by atoms with Gasteiger partial charge in [0.2, 0.25) is 0 Å². The smallest absolute Gasteiger partial charge is 0.0558 e. The fourth-order valence-corrected chi connectivity index (χ4v) is 2.62. The summed E-state index contributed by atoms with van der Waals surface area (Å²) in [6.07, 6.45) is 4.06. The van der Waals surface area contributed by atoms with Crippen molar-refractivity contribution in [1.82, 2.24) is 4.90 Å². The van der Waals surface area contributed by atoms with Gasteiger partial charge in [-0.05, 0) is 31.7 Å². The van der Waals surface area contributed by atoms with Crippen LogP contribution >= 0.6 is 0 Å². The molecule has 0 saturated heterocycles. The minimum Gasteiger partial charge on any atom is -0.395 e. The van der Waals surface area contributed by atoms with Crippen LogP contribution in [0, 0.1) is 11.8 Å². The lowest BCUT2D eigenvalue weighted by Crippen LogP contribution is -2.38. The SMILES string of the molecule is CC(C)C1CCCC1N(C)CCO. The fraction of sp³-hybridized carbons (Fsp3) is 1.00. The third-order valence-corrected chi connectivity index (χ3v) is 3.41. The molecule has 2 heteroatoms. The molecule has 0 spiro atoms. The van der Waals surface area contributed by atoms with E-state index in [0.717, 1.165) is 18.4 Å². The first-order valence-electron chi connectivity index (χ1n) is 5.48. The molecule has 0 aromatic heterocycles. The van der Waals surface area contributed by atoms with Gasteiger partial charge in [0.1, 0.15) is 0 Å². The van der Waals surface area contributed by atoms with Crippen molar-refractivity contribution in [3.05, 3.63) is 0 Å². The van der Waals surface area contributed by atoms with Gasteiger partial charge in [0.05, 0.1) is 6.61 Å². The summed E-state index contributed by atoms with van der Waals surface area (Å²) in [6.45, 7) is 5.75. The summed E-state index contributed by atoms with van der Waals surface area (Å²) >= 11 is 0. The number of likely N-dealkylation sites (N-methyl/N-ethyl adjacent to an activating group) is 1. The molecule has 13 heavy (non-hydrogen) atoms. The third kappa shape index (κ3) is 2.68. The van der Waals surface area contributed by atoms with Crippen molar-refractivity contribution in [2.45, 2.75) is 39.2 Å². The molecule has 2 atom stereocenters. The maximum Gasteiger partial charge on any atom is 0.0558 e. The number of rotatable bonds is 4. The minimum absolute atomic E-state index is 0.289. The highest BCUT2D eigenvalue weighted by Gasteiger charge is 2.31. The molecule has 1 fully saturated rings. The van der Waals surface area contributed by atoms with Crippen LogP contribution in [0.25, 0.3) is 0 Å². The third-order valence-electron chi connectivity index (χ3n) is 3.41. The average Bonchev–Trinajstić information content (AvgIpc) is 2.52. The first-order chi connectivity index (χ1) is 6.16. The van der Waals surface area contributed by atoms with Crippen molar-refractivity contribution in [2.24, 2.45) is 11.8 Å². The summed E-state index contributed by atoms with van der Waals surface area (Å²) < 4.78 is 0. The summed E-state index contributed by atoms with van der Waals surface area (Å²) in [4.78, 5) is 2.33. The van der Waals surface area contributed by atoms with Gasteiger partial charge < -0.3 is 10.0 Å². The molecule has 1 saturated carbocycles. The monoisotopic (exact) mass is 185 g/mol. The van der Waals surface area contributed by atoms with Gasteiger partial charge in [-0.1, -0.05) is 20.3 Å². The predicted molar refractivity (Wildman–Crippen MR) is 55.7 cm³/mol. The first-order valence-corrected chi connectivity index (χ1v) is 5.48. The van der Waals surface area contributed by atoms with Crippen molar-refractivity contribution in [1.29, 1.82) is 0 Å². The molecule has 2 nitrogen and oxygen atoms in total. The molecular formula is C11H23NO. The molecule has 1 N–H and O–H groups in total. The zero-order valence-electron chi connectivity index (χ0n) is 9.16. The Labute approximate surface area is 81.9 Å². The van der Waals surface area contributed by atoms with Crippen molar-refractivity contribution >= 4 is 0 Å². The quantitative estimate of drug-likeness (QED) is 0.721. The molecular weight excluding hydrogens is 162 g/mol. The summed E-state index contributed by atoms with van der Waals surface area (Å²) in [5, 5.41) is 8.88. The highest BCUT2D eigenvalue weighted by Crippen LogP contribution is 2.34. The van der Waals surface area contributed by atoms with Crippen molar-refractivity contribution in [3.63, 3.8) is 0 Å². The van der Waals surface area contributed by atoms with Gasteiger partial charge in [-0.15, -0.1) is 0 Å². The van der Waals surface area contributed by atoms with Crippen LogP contribution in [0.4, 0.5) is 0 Å². The van der Waals surface area contributed by atoms with E-state index < -0.39 is 0 Å². The van der Waals surface area contributed by atoms with Crippen LogP contribution in [0.1, 0.15) is 33.1 Å². The molecule has 1 aliphatic carbocycles. The Hall–Kier alpha value is -0.0800. The second-order valence-corrected chi connectivity index (χ2v) is 4.61. The lowest BCUT2D eigenvalue weighted by atomic mass is 9.90. The van der Waals surface area contributed by atoms with Gasteiger partial charge in [-0.3, -0.25) is 0 Å². The molecule has 0 radical (unpaired) electrons. The topological polar surface area (TPSA) is 23.5 Å². The average molecular weight is 185 g/mol. The van der Waals surface area contributed by atoms with E-state index in [1.165, 1.54) is 19.3 Å². The number of hydrogen-bond donors (Lipinski definition) is 1. The van der Waals surface area contributed by atoms with Gasteiger partial charge in [0, 0.05) is 12.6 Å². The number of aliphatic hydroxyl groups excluding tert-OH is 1. The van der Waals surface area contributed by atoms with E-state index in [2.05, 4.69) is 25.8 Å². The van der Waals surface area contributed by atoms with Crippen molar-refractivity contribution in [2.75, 3.05) is 20.2 Å². The highest BCUT2D eigenvalue weighted by atomic mass is 16.3. The summed E-state index contributed by atoms with van der Waals surface area (Å²) in [7, 11) is 2.14. The molecule has 2 unspecified atom stereocenters. The summed E-state index contributed by atoms with van der Waals surface area (Å²) in [6, 6.07) is 0.715. The van der Waals surface area contributed by atoms with Crippen LogP contribution < -0.4 is 0 Å². The van der Waals surface area contributed by atoms with Crippen LogP contribution in [0.3, 0.4) is 0 Å². The Morgan fingerprint density at radius 2 is 2.08 bits per heavy atom. The zero-order chi connectivity index (χ0) is 9.84. The molecule has 0 bridgehead atoms. The second kappa shape index (κ2) is 4.97. The van der Waals surface area contributed by atoms with Gasteiger partial charge >= 0.3 is 0 Å². The van der Waals surface area contributed by atoms with Crippen LogP contribution in [-0.4, -0.2) is 36.2 Å². The maximum absolute atomic E-state index is 8.88. The zero-order valence-corrected chi connectivity index (χ0v) is 9.16. The molecule has 0 aliphatic heterocycles. The predicted octanol–water partition coefficient (Wildman–Crippen LogP) is 1.74. The van der Waals surface area contributed by atoms with Crippen molar-refractivity contribution in [3.8, 4) is 0 Å². The molecule has 0 heterocycles. The van der Waals surface area contributed by atoms with Gasteiger partial charge in [-0.2, -0.15) is 0 Å². The number of hydrogen-bond acceptors (Lipinski definition) is 2. The summed E-state index contributed by atoms with van der Waals surface area (Å²) in [5.74, 6) is 1.63. The summed E-state index contributed by atoms with van der Waals surface area (Å²) in [5.41, 5.74) is 0. The molecule has 1 aliphatic rings. The second-order valence-electron chi connectivity index (χ2n) is 4.61. The standard InChI is InChI=1S/C11H23NO/c1-9(2)10-5-4-6-11(10)12(3)7-8-13/h9-11,13H,4-8H2,1-3H3. The molecule has 78 valence electrons. The Morgan fingerprint density at radius 1 is 1.38 bits per heavy atom. The lowest BCUT2D eigenvalue weighted by molar-refractivity contribution is 0.136. The van der Waals surface area contributed by atoms with E-state index in [1.807, 2.05) is 0 Å². The van der Waals surface area contributed by atoms with E-state index >= 15 is 0 Å². The van der Waals surface area contributed by atoms with Gasteiger partial charge in [-0.25, -0.2) is 0 Å². The maximum atomic E-state index is 8.88. The minimum atomic E-state index is 0.289. The van der Waals surface area contributed by atoms with E-state index in [0.29, 0.717) is 6.04 Å². The van der Waals surface area contributed by atoms with Crippen LogP contribution in [0.15, 0.2) is 0 Å². The Kier molecular flexibility index (Phi) is 4.20. The first kappa shape index (κ1) is 11.0. The fourth-order valence-electron chi connectivity index (χ4n) is 2.62. The number of aliphatic hydroxyl groups is 1. The highest BCUT2D eigenvalue weighted by molar-refractivity contribution is 4.85. The van der Waals surface area contributed by atoms with E-state index in [1.54, 1.807) is 0 Å². The van der Waals surface area contributed by atoms with Crippen LogP contribution in [-0.2, 0) is 0 Å². The van der Waals surface area contributed by atoms with Gasteiger partial charge in [0.25, 0.3) is 0 Å². The molecule has 0 aromatic rings. The van der Waals surface area contributed by atoms with E-state index in [-0.39, 0.29) is 6.61 Å². The van der Waals surface area contributed by atoms with Gasteiger partial charge in [0.15, 0.2) is 0 Å². The van der Waals surface area contributed by atoms with Crippen LogP contribution in [0.5, 0.6) is 0 Å². The largest absolute Gasteiger partial charge is 0.395 e. The lowest BCUT2D eigenvalue weighted by Gasteiger charge is -2.31. The number of nitrogens with zero attached hydrogens (tertiary/aromatic N) is 1. The molecule has 0 aromatic carbocycles. The van der Waals surface area contributed by atoms with Crippen molar-refractivity contribution < 1.29 is 5.11 Å². The van der Waals surface area contributed by atoms with E-state index in [4.69, 9.17) is 5.11 Å². The normalized spacial score (nSPS) is 29.1.